The third-order valence-electron chi connectivity index (χ3n) is 2.30. The predicted molar refractivity (Wildman–Crippen MR) is 50.9 cm³/mol. The van der Waals surface area contributed by atoms with E-state index in [1.54, 1.807) is 6.92 Å². The molecule has 0 aromatic rings. The van der Waals surface area contributed by atoms with Crippen LogP contribution < -0.4 is 5.32 Å². The van der Waals surface area contributed by atoms with Gasteiger partial charge >= 0.3 is 12.1 Å². The first kappa shape index (κ1) is 13.2. The van der Waals surface area contributed by atoms with Crippen molar-refractivity contribution in [2.75, 3.05) is 32.8 Å². The minimum absolute atomic E-state index is 0.176. The fraction of sp³-hybridized carbons (Fsp3) is 0.889. The second-order valence-corrected chi connectivity index (χ2v) is 3.56. The Balaban J connectivity index is 2.60. The van der Waals surface area contributed by atoms with Gasteiger partial charge in [-0.1, -0.05) is 0 Å². The summed E-state index contributed by atoms with van der Waals surface area (Å²) in [6, 6.07) is -0.838. The maximum absolute atomic E-state index is 12.2. The van der Waals surface area contributed by atoms with Gasteiger partial charge in [0, 0.05) is 19.6 Å². The van der Waals surface area contributed by atoms with Crippen molar-refractivity contribution in [3.8, 4) is 0 Å². The number of halogens is 3. The van der Waals surface area contributed by atoms with Gasteiger partial charge < -0.3 is 10.1 Å². The van der Waals surface area contributed by atoms with E-state index in [2.05, 4.69) is 5.32 Å². The normalized spacial score (nSPS) is 23.1. The summed E-state index contributed by atoms with van der Waals surface area (Å²) in [5.74, 6) is -0.598. The van der Waals surface area contributed by atoms with E-state index >= 15 is 0 Å². The topological polar surface area (TPSA) is 41.6 Å². The zero-order valence-corrected chi connectivity index (χ0v) is 9.01. The van der Waals surface area contributed by atoms with Crippen molar-refractivity contribution in [2.45, 2.75) is 19.1 Å². The molecule has 0 saturated carbocycles. The minimum Gasteiger partial charge on any atom is -0.465 e. The summed E-state index contributed by atoms with van der Waals surface area (Å²) in [4.78, 5) is 12.5. The number of hydrogen-bond donors (Lipinski definition) is 1. The number of rotatable bonds is 3. The number of carbonyl (C=O) groups excluding carboxylic acids is 1. The number of esters is 1. The number of hydrogen-bond acceptors (Lipinski definition) is 4. The highest BCUT2D eigenvalue weighted by Gasteiger charge is 2.38. The molecular weight excluding hydrogens is 225 g/mol. The Kier molecular flexibility index (Phi) is 4.55. The Morgan fingerprint density at radius 1 is 1.56 bits per heavy atom. The van der Waals surface area contributed by atoms with Crippen molar-refractivity contribution >= 4 is 5.97 Å². The van der Waals surface area contributed by atoms with Crippen LogP contribution in [0.1, 0.15) is 6.92 Å². The fourth-order valence-corrected chi connectivity index (χ4v) is 1.64. The lowest BCUT2D eigenvalue weighted by Gasteiger charge is -2.34. The maximum atomic E-state index is 12.2. The van der Waals surface area contributed by atoms with Gasteiger partial charge in [0.1, 0.15) is 6.04 Å². The molecule has 7 heteroatoms. The molecule has 16 heavy (non-hydrogen) atoms. The highest BCUT2D eigenvalue weighted by Crippen LogP contribution is 2.19. The molecule has 0 aromatic heterocycles. The molecule has 1 rings (SSSR count). The average Bonchev–Trinajstić information content (AvgIpc) is 2.16. The third kappa shape index (κ3) is 3.97. The molecule has 0 bridgehead atoms. The molecule has 1 aliphatic heterocycles. The Hall–Kier alpha value is -0.820. The van der Waals surface area contributed by atoms with Crippen LogP contribution in [0.5, 0.6) is 0 Å². The van der Waals surface area contributed by atoms with E-state index in [-0.39, 0.29) is 19.7 Å². The molecule has 1 N–H and O–H groups in total. The molecule has 1 unspecified atom stereocenters. The minimum atomic E-state index is -4.29. The van der Waals surface area contributed by atoms with Crippen molar-refractivity contribution < 1.29 is 22.7 Å². The number of ether oxygens (including phenoxy) is 1. The molecule has 1 atom stereocenters. The molecule has 1 heterocycles. The SMILES string of the molecule is CCOC(=O)C1CNCCN1CC(F)(F)F. The molecule has 0 spiro atoms. The van der Waals surface area contributed by atoms with Crippen LogP contribution in [0.2, 0.25) is 0 Å². The zero-order chi connectivity index (χ0) is 12.2. The fourth-order valence-electron chi connectivity index (χ4n) is 1.64. The quantitative estimate of drug-likeness (QED) is 0.724. The predicted octanol–water partition coefficient (Wildman–Crippen LogP) is 0.386. The van der Waals surface area contributed by atoms with E-state index in [0.717, 1.165) is 4.90 Å². The van der Waals surface area contributed by atoms with Gasteiger partial charge in [-0.05, 0) is 6.92 Å². The first-order valence-electron chi connectivity index (χ1n) is 5.12. The Morgan fingerprint density at radius 3 is 2.81 bits per heavy atom. The summed E-state index contributed by atoms with van der Waals surface area (Å²) in [5, 5.41) is 2.88. The number of piperazine rings is 1. The molecule has 1 fully saturated rings. The van der Waals surface area contributed by atoms with Crippen molar-refractivity contribution in [1.82, 2.24) is 10.2 Å². The monoisotopic (exact) mass is 240 g/mol. The van der Waals surface area contributed by atoms with E-state index in [1.165, 1.54) is 0 Å². The highest BCUT2D eigenvalue weighted by atomic mass is 19.4. The number of nitrogens with zero attached hydrogens (tertiary/aromatic N) is 1. The smallest absolute Gasteiger partial charge is 0.401 e. The zero-order valence-electron chi connectivity index (χ0n) is 9.01. The average molecular weight is 240 g/mol. The van der Waals surface area contributed by atoms with Crippen LogP contribution in [-0.2, 0) is 9.53 Å². The second-order valence-electron chi connectivity index (χ2n) is 3.56. The van der Waals surface area contributed by atoms with Crippen LogP contribution in [-0.4, -0.2) is 55.9 Å². The summed E-state index contributed by atoms with van der Waals surface area (Å²) >= 11 is 0. The standard InChI is InChI=1S/C9H15F3N2O2/c1-2-16-8(15)7-5-13-3-4-14(7)6-9(10,11)12/h7,13H,2-6H2,1H3. The van der Waals surface area contributed by atoms with Crippen LogP contribution in [0.3, 0.4) is 0 Å². The van der Waals surface area contributed by atoms with Crippen LogP contribution in [0.4, 0.5) is 13.2 Å². The summed E-state index contributed by atoms with van der Waals surface area (Å²) in [6.07, 6.45) is -4.29. The van der Waals surface area contributed by atoms with Gasteiger partial charge in [-0.2, -0.15) is 13.2 Å². The Morgan fingerprint density at radius 2 is 2.25 bits per heavy atom. The first-order chi connectivity index (χ1) is 7.44. The van der Waals surface area contributed by atoms with E-state index < -0.39 is 24.7 Å². The van der Waals surface area contributed by atoms with Gasteiger partial charge in [-0.25, -0.2) is 0 Å². The lowest BCUT2D eigenvalue weighted by atomic mass is 10.2. The van der Waals surface area contributed by atoms with Crippen molar-refractivity contribution in [3.63, 3.8) is 0 Å². The van der Waals surface area contributed by atoms with Crippen LogP contribution in [0.25, 0.3) is 0 Å². The van der Waals surface area contributed by atoms with Crippen molar-refractivity contribution in [1.29, 1.82) is 0 Å². The Labute approximate surface area is 91.7 Å². The number of nitrogens with one attached hydrogen (secondary N) is 1. The lowest BCUT2D eigenvalue weighted by Crippen LogP contribution is -2.57. The van der Waals surface area contributed by atoms with Gasteiger partial charge in [0.2, 0.25) is 0 Å². The van der Waals surface area contributed by atoms with Gasteiger partial charge in [-0.15, -0.1) is 0 Å². The van der Waals surface area contributed by atoms with E-state index in [0.29, 0.717) is 6.54 Å². The van der Waals surface area contributed by atoms with Crippen LogP contribution in [0.15, 0.2) is 0 Å². The second kappa shape index (κ2) is 5.49. The summed E-state index contributed by atoms with van der Waals surface area (Å²) in [5.41, 5.74) is 0. The summed E-state index contributed by atoms with van der Waals surface area (Å²) in [6.45, 7) is 1.58. The van der Waals surface area contributed by atoms with Gasteiger partial charge in [0.25, 0.3) is 0 Å². The third-order valence-corrected chi connectivity index (χ3v) is 2.30. The van der Waals surface area contributed by atoms with Crippen LogP contribution in [0, 0.1) is 0 Å². The molecule has 1 saturated heterocycles. The summed E-state index contributed by atoms with van der Waals surface area (Å²) in [7, 11) is 0. The van der Waals surface area contributed by atoms with Crippen molar-refractivity contribution in [3.05, 3.63) is 0 Å². The molecule has 94 valence electrons. The van der Waals surface area contributed by atoms with E-state index in [4.69, 9.17) is 4.74 Å². The molecule has 0 aromatic carbocycles. The van der Waals surface area contributed by atoms with Gasteiger partial charge in [-0.3, -0.25) is 9.69 Å². The molecule has 0 aliphatic carbocycles. The maximum Gasteiger partial charge on any atom is 0.401 e. The molecule has 0 radical (unpaired) electrons. The lowest BCUT2D eigenvalue weighted by molar-refractivity contribution is -0.166. The number of carbonyl (C=O) groups is 1. The van der Waals surface area contributed by atoms with E-state index in [1.807, 2.05) is 0 Å². The van der Waals surface area contributed by atoms with Gasteiger partial charge in [0.15, 0.2) is 0 Å². The summed E-state index contributed by atoms with van der Waals surface area (Å²) < 4.78 is 41.5. The van der Waals surface area contributed by atoms with Crippen LogP contribution >= 0.6 is 0 Å². The largest absolute Gasteiger partial charge is 0.465 e. The van der Waals surface area contributed by atoms with Crippen molar-refractivity contribution in [2.24, 2.45) is 0 Å². The molecule has 0 amide bonds. The molecule has 4 nitrogen and oxygen atoms in total. The van der Waals surface area contributed by atoms with E-state index in [9.17, 15) is 18.0 Å². The molecular formula is C9H15F3N2O2. The highest BCUT2D eigenvalue weighted by molar-refractivity contribution is 5.76. The molecule has 1 aliphatic rings. The number of alkyl halides is 3. The Bertz CT molecular complexity index is 245. The van der Waals surface area contributed by atoms with Gasteiger partial charge in [0.05, 0.1) is 13.2 Å². The first-order valence-corrected chi connectivity index (χ1v) is 5.12.